The second kappa shape index (κ2) is 10.8. The summed E-state index contributed by atoms with van der Waals surface area (Å²) in [6, 6.07) is 16.9. The molecule has 1 amide bonds. The van der Waals surface area contributed by atoms with Crippen LogP contribution in [-0.4, -0.2) is 75.1 Å². The molecular formula is C26H37N5O. The Morgan fingerprint density at radius 1 is 0.906 bits per heavy atom. The van der Waals surface area contributed by atoms with Gasteiger partial charge < -0.3 is 20.0 Å². The van der Waals surface area contributed by atoms with E-state index in [-0.39, 0.29) is 5.91 Å². The fourth-order valence-corrected chi connectivity index (χ4v) is 4.78. The van der Waals surface area contributed by atoms with Crippen LogP contribution in [-0.2, 0) is 11.3 Å². The quantitative estimate of drug-likeness (QED) is 0.687. The molecule has 0 unspecified atom stereocenters. The van der Waals surface area contributed by atoms with Crippen molar-refractivity contribution in [1.29, 1.82) is 0 Å². The smallest absolute Gasteiger partial charge is 0.238 e. The number of anilines is 3. The Labute approximate surface area is 192 Å². The van der Waals surface area contributed by atoms with E-state index in [1.54, 1.807) is 0 Å². The molecule has 2 heterocycles. The first-order chi connectivity index (χ1) is 15.6. The van der Waals surface area contributed by atoms with Gasteiger partial charge in [-0.25, -0.2) is 0 Å². The molecule has 2 fully saturated rings. The summed E-state index contributed by atoms with van der Waals surface area (Å²) in [5, 5.41) is 3.06. The van der Waals surface area contributed by atoms with Crippen molar-refractivity contribution in [3.05, 3.63) is 54.1 Å². The summed E-state index contributed by atoms with van der Waals surface area (Å²) in [5.41, 5.74) is 4.69. The molecule has 0 bridgehead atoms. The van der Waals surface area contributed by atoms with Gasteiger partial charge in [-0.2, -0.15) is 0 Å². The van der Waals surface area contributed by atoms with E-state index in [2.05, 4.69) is 68.2 Å². The Morgan fingerprint density at radius 2 is 1.59 bits per heavy atom. The van der Waals surface area contributed by atoms with Crippen LogP contribution in [0.1, 0.15) is 25.3 Å². The third-order valence-corrected chi connectivity index (χ3v) is 6.63. The van der Waals surface area contributed by atoms with E-state index >= 15 is 0 Å². The number of hydrogen-bond donors (Lipinski definition) is 1. The molecule has 1 N–H and O–H groups in total. The third kappa shape index (κ3) is 5.81. The molecular weight excluding hydrogens is 398 g/mol. The number of benzene rings is 2. The van der Waals surface area contributed by atoms with Crippen LogP contribution < -0.4 is 15.1 Å². The largest absolute Gasteiger partial charge is 0.371 e. The molecule has 2 aromatic carbocycles. The molecule has 0 atom stereocenters. The van der Waals surface area contributed by atoms with Gasteiger partial charge in [0.05, 0.1) is 6.54 Å². The first-order valence-electron chi connectivity index (χ1n) is 12.0. The van der Waals surface area contributed by atoms with Crippen molar-refractivity contribution in [3.8, 4) is 0 Å². The van der Waals surface area contributed by atoms with E-state index in [0.29, 0.717) is 6.54 Å². The van der Waals surface area contributed by atoms with Crippen LogP contribution in [0.25, 0.3) is 0 Å². The van der Waals surface area contributed by atoms with Crippen molar-refractivity contribution in [2.75, 3.05) is 74.5 Å². The van der Waals surface area contributed by atoms with Crippen LogP contribution in [0.4, 0.5) is 17.1 Å². The molecule has 6 heteroatoms. The predicted octanol–water partition coefficient (Wildman–Crippen LogP) is 3.50. The normalized spacial score (nSPS) is 17.2. The van der Waals surface area contributed by atoms with Gasteiger partial charge in [0.25, 0.3) is 0 Å². The molecule has 0 spiro atoms. The second-order valence-electron chi connectivity index (χ2n) is 9.01. The van der Waals surface area contributed by atoms with Gasteiger partial charge in [-0.1, -0.05) is 25.1 Å². The van der Waals surface area contributed by atoms with Crippen molar-refractivity contribution in [2.24, 2.45) is 0 Å². The number of carbonyl (C=O) groups is 1. The standard InChI is InChI=1S/C26H37N5O/c1-3-29-16-18-30(19-17-29)24-12-10-23(11-13-24)27-26(32)21-28(2)20-22-8-4-5-9-25(22)31-14-6-7-15-31/h4-5,8-13H,3,6-7,14-21H2,1-2H3,(H,27,32). The molecule has 2 aliphatic heterocycles. The highest BCUT2D eigenvalue weighted by molar-refractivity contribution is 5.92. The van der Waals surface area contributed by atoms with Gasteiger partial charge >= 0.3 is 0 Å². The van der Waals surface area contributed by atoms with Gasteiger partial charge in [-0.15, -0.1) is 0 Å². The minimum Gasteiger partial charge on any atom is -0.371 e. The molecule has 32 heavy (non-hydrogen) atoms. The van der Waals surface area contributed by atoms with Crippen molar-refractivity contribution in [1.82, 2.24) is 9.80 Å². The zero-order valence-corrected chi connectivity index (χ0v) is 19.6. The molecule has 2 aromatic rings. The molecule has 172 valence electrons. The molecule has 0 aliphatic carbocycles. The second-order valence-corrected chi connectivity index (χ2v) is 9.01. The highest BCUT2D eigenvalue weighted by atomic mass is 16.2. The molecule has 0 aromatic heterocycles. The van der Waals surface area contributed by atoms with Gasteiger partial charge in [0.15, 0.2) is 0 Å². The highest BCUT2D eigenvalue weighted by Crippen LogP contribution is 2.25. The maximum atomic E-state index is 12.6. The molecule has 2 aliphatic rings. The number of nitrogens with zero attached hydrogens (tertiary/aromatic N) is 4. The average Bonchev–Trinajstić information content (AvgIpc) is 3.35. The van der Waals surface area contributed by atoms with Crippen LogP contribution in [0.15, 0.2) is 48.5 Å². The Hall–Kier alpha value is -2.57. The number of carbonyl (C=O) groups excluding carboxylic acids is 1. The number of nitrogens with one attached hydrogen (secondary N) is 1. The number of rotatable bonds is 8. The summed E-state index contributed by atoms with van der Waals surface area (Å²) in [7, 11) is 2.01. The summed E-state index contributed by atoms with van der Waals surface area (Å²) in [6.45, 7) is 11.1. The summed E-state index contributed by atoms with van der Waals surface area (Å²) >= 11 is 0. The van der Waals surface area contributed by atoms with Gasteiger partial charge in [0.2, 0.25) is 5.91 Å². The maximum Gasteiger partial charge on any atom is 0.238 e. The summed E-state index contributed by atoms with van der Waals surface area (Å²) in [5.74, 6) is 0.0236. The van der Waals surface area contributed by atoms with E-state index in [1.807, 2.05) is 19.2 Å². The Kier molecular flexibility index (Phi) is 7.66. The van der Waals surface area contributed by atoms with Crippen LogP contribution in [0.5, 0.6) is 0 Å². The first-order valence-corrected chi connectivity index (χ1v) is 12.0. The summed E-state index contributed by atoms with van der Waals surface area (Å²) in [6.07, 6.45) is 2.53. The maximum absolute atomic E-state index is 12.6. The van der Waals surface area contributed by atoms with Crippen molar-refractivity contribution >= 4 is 23.0 Å². The van der Waals surface area contributed by atoms with E-state index in [0.717, 1.165) is 58.0 Å². The molecule has 0 saturated carbocycles. The average molecular weight is 436 g/mol. The molecule has 0 radical (unpaired) electrons. The van der Waals surface area contributed by atoms with E-state index in [9.17, 15) is 4.79 Å². The van der Waals surface area contributed by atoms with Gasteiger partial charge in [0, 0.05) is 62.9 Å². The van der Waals surface area contributed by atoms with E-state index < -0.39 is 0 Å². The fraction of sp³-hybridized carbons (Fsp3) is 0.500. The SMILES string of the molecule is CCN1CCN(c2ccc(NC(=O)CN(C)Cc3ccccc3N3CCCC3)cc2)CC1. The lowest BCUT2D eigenvalue weighted by Gasteiger charge is -2.35. The van der Waals surface area contributed by atoms with Gasteiger partial charge in [-0.3, -0.25) is 9.69 Å². The van der Waals surface area contributed by atoms with E-state index in [4.69, 9.17) is 0 Å². The summed E-state index contributed by atoms with van der Waals surface area (Å²) < 4.78 is 0. The number of likely N-dealkylation sites (N-methyl/N-ethyl adjacent to an activating group) is 2. The Morgan fingerprint density at radius 3 is 2.28 bits per heavy atom. The van der Waals surface area contributed by atoms with Crippen molar-refractivity contribution in [3.63, 3.8) is 0 Å². The lowest BCUT2D eigenvalue weighted by atomic mass is 10.1. The van der Waals surface area contributed by atoms with E-state index in [1.165, 1.54) is 29.8 Å². The van der Waals surface area contributed by atoms with Crippen LogP contribution >= 0.6 is 0 Å². The topological polar surface area (TPSA) is 42.1 Å². The highest BCUT2D eigenvalue weighted by Gasteiger charge is 2.18. The Bertz CT molecular complexity index is 870. The lowest BCUT2D eigenvalue weighted by Crippen LogP contribution is -2.46. The van der Waals surface area contributed by atoms with Crippen LogP contribution in [0.2, 0.25) is 0 Å². The molecule has 6 nitrogen and oxygen atoms in total. The van der Waals surface area contributed by atoms with Crippen LogP contribution in [0.3, 0.4) is 0 Å². The molecule has 4 rings (SSSR count). The third-order valence-electron chi connectivity index (χ3n) is 6.63. The van der Waals surface area contributed by atoms with Crippen LogP contribution in [0, 0.1) is 0 Å². The lowest BCUT2D eigenvalue weighted by molar-refractivity contribution is -0.117. The predicted molar refractivity (Wildman–Crippen MR) is 134 cm³/mol. The minimum absolute atomic E-state index is 0.0236. The van der Waals surface area contributed by atoms with Crippen molar-refractivity contribution < 1.29 is 4.79 Å². The Balaban J connectivity index is 1.28. The number of amides is 1. The summed E-state index contributed by atoms with van der Waals surface area (Å²) in [4.78, 5) is 22.1. The zero-order chi connectivity index (χ0) is 22.3. The first kappa shape index (κ1) is 22.6. The number of para-hydroxylation sites is 1. The fourth-order valence-electron chi connectivity index (χ4n) is 4.78. The molecule has 2 saturated heterocycles. The van der Waals surface area contributed by atoms with Gasteiger partial charge in [0.1, 0.15) is 0 Å². The minimum atomic E-state index is 0.0236. The zero-order valence-electron chi connectivity index (χ0n) is 19.6. The number of piperazine rings is 1. The van der Waals surface area contributed by atoms with Gasteiger partial charge in [-0.05, 0) is 62.3 Å². The monoisotopic (exact) mass is 435 g/mol. The van der Waals surface area contributed by atoms with Crippen molar-refractivity contribution in [2.45, 2.75) is 26.3 Å². The number of hydrogen-bond acceptors (Lipinski definition) is 5.